The molecule has 0 unspecified atom stereocenters. The van der Waals surface area contributed by atoms with Crippen LogP contribution in [-0.4, -0.2) is 31.5 Å². The van der Waals surface area contributed by atoms with Crippen molar-refractivity contribution < 1.29 is 18.0 Å². The number of carbonyl (C=O) groups excluding carboxylic acids is 1. The highest BCUT2D eigenvalue weighted by atomic mass is 35.5. The molecule has 0 saturated carbocycles. The first kappa shape index (κ1) is 16.4. The van der Waals surface area contributed by atoms with Crippen LogP contribution in [0.15, 0.2) is 23.5 Å². The van der Waals surface area contributed by atoms with Crippen LogP contribution in [0, 0.1) is 0 Å². The first-order valence-corrected chi connectivity index (χ1v) is 6.96. The van der Waals surface area contributed by atoms with Crippen LogP contribution in [0.1, 0.15) is 5.82 Å². The third kappa shape index (κ3) is 3.80. The SMILES string of the molecule is Nn1c(SCC(=O)Nc2cccnc2Cl)nnc1C(F)(F)F. The second-order valence-electron chi connectivity index (χ2n) is 3.85. The minimum atomic E-state index is -4.72. The fourth-order valence-electron chi connectivity index (χ4n) is 1.36. The molecule has 2 heterocycles. The predicted octanol–water partition coefficient (Wildman–Crippen LogP) is 1.79. The van der Waals surface area contributed by atoms with Gasteiger partial charge in [-0.2, -0.15) is 13.2 Å². The topological polar surface area (TPSA) is 98.7 Å². The number of hydrogen-bond acceptors (Lipinski definition) is 6. The van der Waals surface area contributed by atoms with Crippen LogP contribution >= 0.6 is 23.4 Å². The van der Waals surface area contributed by atoms with E-state index in [1.807, 2.05) is 0 Å². The molecule has 0 atom stereocenters. The van der Waals surface area contributed by atoms with E-state index in [1.165, 1.54) is 12.3 Å². The van der Waals surface area contributed by atoms with Gasteiger partial charge in [0.25, 0.3) is 5.82 Å². The van der Waals surface area contributed by atoms with Gasteiger partial charge in [-0.05, 0) is 12.1 Å². The molecule has 0 radical (unpaired) electrons. The molecule has 118 valence electrons. The second kappa shape index (κ2) is 6.40. The van der Waals surface area contributed by atoms with Crippen LogP contribution in [0.4, 0.5) is 18.9 Å². The Morgan fingerprint density at radius 3 is 2.77 bits per heavy atom. The van der Waals surface area contributed by atoms with Crippen molar-refractivity contribution in [2.24, 2.45) is 0 Å². The zero-order chi connectivity index (χ0) is 16.3. The average molecular weight is 353 g/mol. The van der Waals surface area contributed by atoms with Gasteiger partial charge in [-0.1, -0.05) is 23.4 Å². The molecule has 0 fully saturated rings. The number of alkyl halides is 3. The highest BCUT2D eigenvalue weighted by Gasteiger charge is 2.38. The summed E-state index contributed by atoms with van der Waals surface area (Å²) in [6.45, 7) is 0. The molecule has 0 aliphatic heterocycles. The van der Waals surface area contributed by atoms with Gasteiger partial charge in [0.1, 0.15) is 0 Å². The number of carbonyl (C=O) groups is 1. The number of anilines is 1. The molecule has 12 heteroatoms. The van der Waals surface area contributed by atoms with Crippen LogP contribution in [0.5, 0.6) is 0 Å². The summed E-state index contributed by atoms with van der Waals surface area (Å²) < 4.78 is 37.7. The Labute approximate surface area is 131 Å². The Hall–Kier alpha value is -2.01. The van der Waals surface area contributed by atoms with E-state index in [-0.39, 0.29) is 20.7 Å². The van der Waals surface area contributed by atoms with E-state index in [0.717, 1.165) is 0 Å². The zero-order valence-electron chi connectivity index (χ0n) is 10.6. The van der Waals surface area contributed by atoms with Crippen molar-refractivity contribution in [3.63, 3.8) is 0 Å². The molecule has 0 saturated heterocycles. The summed E-state index contributed by atoms with van der Waals surface area (Å²) >= 11 is 6.47. The maximum absolute atomic E-state index is 12.5. The van der Waals surface area contributed by atoms with Crippen LogP contribution < -0.4 is 11.2 Å². The third-order valence-corrected chi connectivity index (χ3v) is 3.53. The van der Waals surface area contributed by atoms with E-state index in [4.69, 9.17) is 17.4 Å². The average Bonchev–Trinajstić information content (AvgIpc) is 2.80. The number of pyridine rings is 1. The molecule has 0 aromatic carbocycles. The van der Waals surface area contributed by atoms with Gasteiger partial charge in [0.2, 0.25) is 11.1 Å². The Morgan fingerprint density at radius 2 is 2.18 bits per heavy atom. The number of amides is 1. The summed E-state index contributed by atoms with van der Waals surface area (Å²) in [4.78, 5) is 15.5. The Morgan fingerprint density at radius 1 is 1.45 bits per heavy atom. The number of nitrogen functional groups attached to an aromatic ring is 1. The van der Waals surface area contributed by atoms with Crippen LogP contribution in [0.2, 0.25) is 5.15 Å². The molecule has 0 aliphatic carbocycles. The van der Waals surface area contributed by atoms with E-state index < -0.39 is 17.9 Å². The first-order valence-electron chi connectivity index (χ1n) is 5.60. The lowest BCUT2D eigenvalue weighted by Crippen LogP contribution is -2.22. The fourth-order valence-corrected chi connectivity index (χ4v) is 2.19. The number of nitrogens with zero attached hydrogens (tertiary/aromatic N) is 4. The monoisotopic (exact) mass is 352 g/mol. The standard InChI is InChI=1S/C10H8ClF3N6OS/c11-7-5(2-1-3-16-7)17-6(21)4-22-9-19-18-8(20(9)15)10(12,13)14/h1-3H,4,15H2,(H,17,21). The van der Waals surface area contributed by atoms with E-state index >= 15 is 0 Å². The minimum absolute atomic E-state index is 0.0993. The molecule has 2 rings (SSSR count). The summed E-state index contributed by atoms with van der Waals surface area (Å²) in [5.74, 6) is 3.17. The molecule has 0 bridgehead atoms. The minimum Gasteiger partial charge on any atom is -0.335 e. The molecule has 0 aliphatic rings. The highest BCUT2D eigenvalue weighted by molar-refractivity contribution is 7.99. The van der Waals surface area contributed by atoms with E-state index in [0.29, 0.717) is 17.4 Å². The Bertz CT molecular complexity index is 692. The number of nitrogens with two attached hydrogens (primary N) is 1. The summed E-state index contributed by atoms with van der Waals surface area (Å²) in [6.07, 6.45) is -3.27. The molecule has 3 N–H and O–H groups in total. The number of halogens is 4. The van der Waals surface area contributed by atoms with Crippen LogP contribution in [0.3, 0.4) is 0 Å². The molecule has 1 amide bonds. The number of thioether (sulfide) groups is 1. The zero-order valence-corrected chi connectivity index (χ0v) is 12.2. The van der Waals surface area contributed by atoms with Crippen LogP contribution in [0.25, 0.3) is 0 Å². The molecule has 0 spiro atoms. The van der Waals surface area contributed by atoms with Crippen molar-refractivity contribution >= 4 is 35.0 Å². The molecule has 2 aromatic rings. The van der Waals surface area contributed by atoms with Gasteiger partial charge >= 0.3 is 6.18 Å². The van der Waals surface area contributed by atoms with Crippen molar-refractivity contribution in [2.75, 3.05) is 16.9 Å². The summed E-state index contributed by atoms with van der Waals surface area (Å²) in [5.41, 5.74) is 0.292. The highest BCUT2D eigenvalue weighted by Crippen LogP contribution is 2.28. The van der Waals surface area contributed by atoms with Gasteiger partial charge in [0.05, 0.1) is 11.4 Å². The number of nitrogens with one attached hydrogen (secondary N) is 1. The number of hydrogen-bond donors (Lipinski definition) is 2. The largest absolute Gasteiger partial charge is 0.453 e. The fraction of sp³-hybridized carbons (Fsp3) is 0.200. The lowest BCUT2D eigenvalue weighted by Gasteiger charge is -2.07. The normalized spacial score (nSPS) is 11.5. The Kier molecular flexibility index (Phi) is 4.76. The van der Waals surface area contributed by atoms with Crippen molar-refractivity contribution in [1.82, 2.24) is 19.9 Å². The molecular weight excluding hydrogens is 345 g/mol. The predicted molar refractivity (Wildman–Crippen MR) is 73.8 cm³/mol. The summed E-state index contributed by atoms with van der Waals surface area (Å²) in [5, 5.41) is 8.56. The van der Waals surface area contributed by atoms with Gasteiger partial charge in [0.15, 0.2) is 5.15 Å². The summed E-state index contributed by atoms with van der Waals surface area (Å²) in [7, 11) is 0. The van der Waals surface area contributed by atoms with Crippen molar-refractivity contribution in [2.45, 2.75) is 11.3 Å². The number of aromatic nitrogens is 4. The lowest BCUT2D eigenvalue weighted by molar-refractivity contribution is -0.146. The van der Waals surface area contributed by atoms with Crippen molar-refractivity contribution in [1.29, 1.82) is 0 Å². The third-order valence-electron chi connectivity index (χ3n) is 2.28. The van der Waals surface area contributed by atoms with E-state index in [1.54, 1.807) is 6.07 Å². The molecule has 2 aromatic heterocycles. The smallest absolute Gasteiger partial charge is 0.335 e. The molecule has 7 nitrogen and oxygen atoms in total. The van der Waals surface area contributed by atoms with E-state index in [9.17, 15) is 18.0 Å². The second-order valence-corrected chi connectivity index (χ2v) is 5.15. The van der Waals surface area contributed by atoms with Gasteiger partial charge < -0.3 is 11.2 Å². The van der Waals surface area contributed by atoms with Gasteiger partial charge in [-0.25, -0.2) is 9.66 Å². The maximum Gasteiger partial charge on any atom is 0.453 e. The molecule has 22 heavy (non-hydrogen) atoms. The van der Waals surface area contributed by atoms with Gasteiger partial charge in [-0.15, -0.1) is 10.2 Å². The van der Waals surface area contributed by atoms with Crippen LogP contribution in [-0.2, 0) is 11.0 Å². The van der Waals surface area contributed by atoms with E-state index in [2.05, 4.69) is 20.5 Å². The quantitative estimate of drug-likeness (QED) is 0.494. The van der Waals surface area contributed by atoms with Gasteiger partial charge in [-0.3, -0.25) is 4.79 Å². The maximum atomic E-state index is 12.5. The molecular formula is C10H8ClF3N6OS. The van der Waals surface area contributed by atoms with Gasteiger partial charge in [0, 0.05) is 6.20 Å². The Balaban J connectivity index is 1.98. The van der Waals surface area contributed by atoms with Crippen molar-refractivity contribution in [3.05, 3.63) is 29.3 Å². The number of rotatable bonds is 4. The lowest BCUT2D eigenvalue weighted by atomic mass is 10.4. The summed E-state index contributed by atoms with van der Waals surface area (Å²) in [6, 6.07) is 3.10. The van der Waals surface area contributed by atoms with Crippen molar-refractivity contribution in [3.8, 4) is 0 Å². The first-order chi connectivity index (χ1) is 10.3.